The molecule has 4 aromatic rings. The van der Waals surface area contributed by atoms with Gasteiger partial charge in [0.15, 0.2) is 0 Å². The van der Waals surface area contributed by atoms with E-state index in [1.54, 1.807) is 31.3 Å². The van der Waals surface area contributed by atoms with Gasteiger partial charge in [0.25, 0.3) is 11.8 Å². The molecule has 5 N–H and O–H groups in total. The molecule has 236 valence electrons. The monoisotopic (exact) mass is 622 g/mol. The molecule has 0 saturated carbocycles. The summed E-state index contributed by atoms with van der Waals surface area (Å²) in [6.07, 6.45) is 3.03. The molecule has 5 rings (SSSR count). The van der Waals surface area contributed by atoms with Crippen LogP contribution in [0.15, 0.2) is 73.1 Å². The third-order valence-corrected chi connectivity index (χ3v) is 7.71. The van der Waals surface area contributed by atoms with Crippen molar-refractivity contribution in [2.75, 3.05) is 50.4 Å². The number of carbonyl (C=O) groups excluding carboxylic acids is 2. The van der Waals surface area contributed by atoms with Crippen LogP contribution in [0.1, 0.15) is 50.4 Å². The Morgan fingerprint density at radius 3 is 2.46 bits per heavy atom. The Bertz CT molecular complexity index is 1720. The fraction of sp³-hybridized carbons (Fsp3) is 0.265. The topological polar surface area (TPSA) is 158 Å². The highest BCUT2D eigenvalue weighted by Gasteiger charge is 2.18. The highest BCUT2D eigenvalue weighted by Crippen LogP contribution is 2.24. The van der Waals surface area contributed by atoms with Crippen LogP contribution >= 0.6 is 0 Å². The molecule has 2 aromatic heterocycles. The lowest BCUT2D eigenvalue weighted by Gasteiger charge is -2.26. The molecule has 46 heavy (non-hydrogen) atoms. The first kappa shape index (κ1) is 32.0. The number of hydrogen-bond acceptors (Lipinski definition) is 9. The Morgan fingerprint density at radius 2 is 1.74 bits per heavy atom. The van der Waals surface area contributed by atoms with Crippen LogP contribution in [0.2, 0.25) is 0 Å². The van der Waals surface area contributed by atoms with Crippen molar-refractivity contribution in [2.24, 2.45) is 0 Å². The highest BCUT2D eigenvalue weighted by molar-refractivity contribution is 6.00. The molecule has 0 radical (unpaired) electrons. The second-order valence-electron chi connectivity index (χ2n) is 10.9. The van der Waals surface area contributed by atoms with Gasteiger partial charge in [-0.2, -0.15) is 5.26 Å². The van der Waals surface area contributed by atoms with E-state index < -0.39 is 11.9 Å². The van der Waals surface area contributed by atoms with Crippen molar-refractivity contribution in [1.82, 2.24) is 25.5 Å². The summed E-state index contributed by atoms with van der Waals surface area (Å²) in [5.74, 6) is -0.575. The van der Waals surface area contributed by atoms with Gasteiger partial charge in [0, 0.05) is 50.7 Å². The summed E-state index contributed by atoms with van der Waals surface area (Å²) < 4.78 is 18.7. The summed E-state index contributed by atoms with van der Waals surface area (Å²) in [4.78, 5) is 36.9. The SMILES string of the molecule is CC(NC(=O)c1cc(C#N)cnc1NCc1ccc(-c2cnc(N)c(C(=O)NCCN3CCOCC3)c2)cc1)c1ccc(F)cc1. The van der Waals surface area contributed by atoms with E-state index in [0.717, 1.165) is 41.9 Å². The van der Waals surface area contributed by atoms with E-state index in [4.69, 9.17) is 10.5 Å². The van der Waals surface area contributed by atoms with Crippen LogP contribution in [0.5, 0.6) is 0 Å². The van der Waals surface area contributed by atoms with E-state index in [9.17, 15) is 19.2 Å². The molecule has 0 spiro atoms. The Balaban J connectivity index is 1.22. The Hall–Kier alpha value is -5.38. The first-order valence-corrected chi connectivity index (χ1v) is 14.9. The number of pyridine rings is 2. The van der Waals surface area contributed by atoms with E-state index >= 15 is 0 Å². The maximum absolute atomic E-state index is 13.3. The average molecular weight is 623 g/mol. The zero-order valence-electron chi connectivity index (χ0n) is 25.4. The van der Waals surface area contributed by atoms with Gasteiger partial charge in [-0.1, -0.05) is 36.4 Å². The summed E-state index contributed by atoms with van der Waals surface area (Å²) in [7, 11) is 0. The molecule has 0 aliphatic carbocycles. The van der Waals surface area contributed by atoms with Gasteiger partial charge in [-0.3, -0.25) is 14.5 Å². The molecule has 3 heterocycles. The lowest BCUT2D eigenvalue weighted by molar-refractivity contribution is 0.0383. The molecule has 2 aromatic carbocycles. The summed E-state index contributed by atoms with van der Waals surface area (Å²) >= 11 is 0. The molecule has 1 unspecified atom stereocenters. The Labute approximate surface area is 266 Å². The third-order valence-electron chi connectivity index (χ3n) is 7.71. The lowest BCUT2D eigenvalue weighted by Crippen LogP contribution is -2.41. The predicted octanol–water partition coefficient (Wildman–Crippen LogP) is 3.90. The van der Waals surface area contributed by atoms with E-state index in [2.05, 4.69) is 30.8 Å². The van der Waals surface area contributed by atoms with Gasteiger partial charge in [0.05, 0.1) is 35.9 Å². The molecule has 2 amide bonds. The fourth-order valence-corrected chi connectivity index (χ4v) is 5.01. The number of hydrogen-bond donors (Lipinski definition) is 4. The van der Waals surface area contributed by atoms with Crippen LogP contribution in [0, 0.1) is 17.1 Å². The second-order valence-corrected chi connectivity index (χ2v) is 10.9. The third kappa shape index (κ3) is 8.20. The molecule has 0 bridgehead atoms. The zero-order chi connectivity index (χ0) is 32.5. The number of nitrogens with two attached hydrogens (primary N) is 1. The van der Waals surface area contributed by atoms with Gasteiger partial charge in [0.2, 0.25) is 0 Å². The van der Waals surface area contributed by atoms with Crippen molar-refractivity contribution in [3.05, 3.63) is 107 Å². The van der Waals surface area contributed by atoms with Crippen LogP contribution in [-0.4, -0.2) is 66.1 Å². The number of ether oxygens (including phenoxy) is 1. The van der Waals surface area contributed by atoms with Gasteiger partial charge in [-0.05, 0) is 47.9 Å². The van der Waals surface area contributed by atoms with Crippen molar-refractivity contribution >= 4 is 23.5 Å². The number of nitrogens with zero attached hydrogens (tertiary/aromatic N) is 4. The van der Waals surface area contributed by atoms with Crippen LogP contribution in [-0.2, 0) is 11.3 Å². The minimum atomic E-state index is -0.420. The zero-order valence-corrected chi connectivity index (χ0v) is 25.4. The number of halogens is 1. The minimum Gasteiger partial charge on any atom is -0.383 e. The van der Waals surface area contributed by atoms with Crippen molar-refractivity contribution < 1.29 is 18.7 Å². The number of nitrogen functional groups attached to an aromatic ring is 1. The number of anilines is 2. The van der Waals surface area contributed by atoms with Crippen LogP contribution in [0.25, 0.3) is 11.1 Å². The molecule has 1 fully saturated rings. The van der Waals surface area contributed by atoms with Crippen LogP contribution in [0.3, 0.4) is 0 Å². The molecule has 1 aliphatic heterocycles. The van der Waals surface area contributed by atoms with Gasteiger partial charge >= 0.3 is 0 Å². The quantitative estimate of drug-likeness (QED) is 0.195. The number of morpholine rings is 1. The normalized spacial score (nSPS) is 13.8. The predicted molar refractivity (Wildman–Crippen MR) is 172 cm³/mol. The molecule has 12 heteroatoms. The summed E-state index contributed by atoms with van der Waals surface area (Å²) in [5.41, 5.74) is 10.1. The number of carbonyl (C=O) groups is 2. The number of amides is 2. The van der Waals surface area contributed by atoms with E-state index in [1.165, 1.54) is 24.4 Å². The van der Waals surface area contributed by atoms with Gasteiger partial charge in [-0.15, -0.1) is 0 Å². The minimum absolute atomic E-state index is 0.162. The number of nitriles is 1. The summed E-state index contributed by atoms with van der Waals surface area (Å²) in [6.45, 7) is 6.46. The molecule has 1 saturated heterocycles. The number of nitrogens with one attached hydrogen (secondary N) is 3. The van der Waals surface area contributed by atoms with Crippen LogP contribution in [0.4, 0.5) is 16.0 Å². The molecule has 1 aliphatic rings. The van der Waals surface area contributed by atoms with Gasteiger partial charge in [0.1, 0.15) is 23.5 Å². The Morgan fingerprint density at radius 1 is 1.00 bits per heavy atom. The standard InChI is InChI=1S/C34H35FN8O3/c1-22(25-6-8-28(35)9-7-25)42-34(45)30-16-24(18-36)20-41-32(30)40-19-23-2-4-26(5-3-23)27-17-29(31(37)39-21-27)33(44)38-10-11-43-12-14-46-15-13-43/h2-9,16-17,20-22H,10-15,19H2,1H3,(H2,37,39)(H,38,44)(H,40,41)(H,42,45). The summed E-state index contributed by atoms with van der Waals surface area (Å²) in [5, 5.41) is 18.4. The summed E-state index contributed by atoms with van der Waals surface area (Å²) in [6, 6.07) is 18.4. The van der Waals surface area contributed by atoms with Crippen molar-refractivity contribution in [3.8, 4) is 17.2 Å². The van der Waals surface area contributed by atoms with Crippen LogP contribution < -0.4 is 21.7 Å². The van der Waals surface area contributed by atoms with Crippen molar-refractivity contribution in [3.63, 3.8) is 0 Å². The number of aromatic nitrogens is 2. The first-order chi connectivity index (χ1) is 22.3. The second kappa shape index (κ2) is 15.1. The highest BCUT2D eigenvalue weighted by atomic mass is 19.1. The average Bonchev–Trinajstić information content (AvgIpc) is 3.08. The molecular weight excluding hydrogens is 587 g/mol. The van der Waals surface area contributed by atoms with Gasteiger partial charge < -0.3 is 26.4 Å². The van der Waals surface area contributed by atoms with Crippen molar-refractivity contribution in [1.29, 1.82) is 5.26 Å². The maximum atomic E-state index is 13.3. The first-order valence-electron chi connectivity index (χ1n) is 14.9. The van der Waals surface area contributed by atoms with E-state index in [-0.39, 0.29) is 28.7 Å². The smallest absolute Gasteiger partial charge is 0.255 e. The molecular formula is C34H35FN8O3. The number of benzene rings is 2. The van der Waals surface area contributed by atoms with E-state index in [1.807, 2.05) is 30.3 Å². The van der Waals surface area contributed by atoms with Gasteiger partial charge in [-0.25, -0.2) is 14.4 Å². The lowest BCUT2D eigenvalue weighted by atomic mass is 10.0. The van der Waals surface area contributed by atoms with Crippen molar-refractivity contribution in [2.45, 2.75) is 19.5 Å². The largest absolute Gasteiger partial charge is 0.383 e. The number of rotatable bonds is 11. The fourth-order valence-electron chi connectivity index (χ4n) is 5.01. The van der Waals surface area contributed by atoms with E-state index in [0.29, 0.717) is 37.7 Å². The Kier molecular flexibility index (Phi) is 10.5. The molecule has 1 atom stereocenters. The molecule has 11 nitrogen and oxygen atoms in total. The maximum Gasteiger partial charge on any atom is 0.255 e.